The van der Waals surface area contributed by atoms with E-state index >= 15 is 0 Å². The van der Waals surface area contributed by atoms with E-state index in [1.807, 2.05) is 30.3 Å². The zero-order valence-corrected chi connectivity index (χ0v) is 14.7. The van der Waals surface area contributed by atoms with Gasteiger partial charge in [0, 0.05) is 21.3 Å². The second-order valence-electron chi connectivity index (χ2n) is 4.46. The van der Waals surface area contributed by atoms with Gasteiger partial charge >= 0.3 is 0 Å². The average molecular weight is 428 g/mol. The highest BCUT2D eigenvalue weighted by Gasteiger charge is 2.10. The molecule has 106 valence electrons. The summed E-state index contributed by atoms with van der Waals surface area (Å²) in [7, 11) is 0. The Kier molecular flexibility index (Phi) is 4.48. The van der Waals surface area contributed by atoms with E-state index in [0.717, 1.165) is 20.9 Å². The summed E-state index contributed by atoms with van der Waals surface area (Å²) in [5, 5.41) is 2.42. The van der Waals surface area contributed by atoms with Gasteiger partial charge in [0.25, 0.3) is 0 Å². The number of halogens is 3. The van der Waals surface area contributed by atoms with Crippen LogP contribution in [0.4, 0.5) is 0 Å². The van der Waals surface area contributed by atoms with Gasteiger partial charge in [0.2, 0.25) is 5.88 Å². The molecule has 0 radical (unpaired) electrons. The van der Waals surface area contributed by atoms with Crippen molar-refractivity contribution in [2.24, 2.45) is 0 Å². The van der Waals surface area contributed by atoms with Crippen LogP contribution in [0, 0.1) is 0 Å². The van der Waals surface area contributed by atoms with Crippen LogP contribution in [-0.2, 0) is 5.33 Å². The number of aromatic nitrogens is 1. The number of para-hydroxylation sites is 1. The molecule has 0 spiro atoms. The quantitative estimate of drug-likeness (QED) is 0.455. The molecule has 5 heteroatoms. The Bertz CT molecular complexity index is 807. The van der Waals surface area contributed by atoms with Crippen LogP contribution in [0.1, 0.15) is 5.56 Å². The molecule has 1 heterocycles. The summed E-state index contributed by atoms with van der Waals surface area (Å²) in [5.74, 6) is 1.28. The maximum Gasteiger partial charge on any atom is 0.223 e. The molecule has 0 aliphatic heterocycles. The predicted octanol–water partition coefficient (Wildman–Crippen LogP) is 6.34. The van der Waals surface area contributed by atoms with Crippen molar-refractivity contribution in [2.75, 3.05) is 0 Å². The third kappa shape index (κ3) is 3.23. The van der Waals surface area contributed by atoms with E-state index in [2.05, 4.69) is 42.9 Å². The fraction of sp³-hybridized carbons (Fsp3) is 0.0625. The standard InChI is InChI=1S/C16H10Br2ClNO/c17-9-11-7-10-3-1-2-4-14(10)20-16(11)21-15-6-5-12(19)8-13(15)18/h1-8H,9H2. The van der Waals surface area contributed by atoms with Gasteiger partial charge < -0.3 is 4.74 Å². The van der Waals surface area contributed by atoms with Crippen LogP contribution in [0.5, 0.6) is 11.6 Å². The first-order valence-corrected chi connectivity index (χ1v) is 8.54. The first kappa shape index (κ1) is 14.8. The number of alkyl halides is 1. The van der Waals surface area contributed by atoms with E-state index in [1.165, 1.54) is 0 Å². The molecule has 0 saturated carbocycles. The van der Waals surface area contributed by atoms with Gasteiger partial charge in [0.1, 0.15) is 5.75 Å². The van der Waals surface area contributed by atoms with Crippen molar-refractivity contribution in [3.8, 4) is 11.6 Å². The van der Waals surface area contributed by atoms with Crippen molar-refractivity contribution in [3.63, 3.8) is 0 Å². The number of benzene rings is 2. The highest BCUT2D eigenvalue weighted by atomic mass is 79.9. The predicted molar refractivity (Wildman–Crippen MR) is 93.6 cm³/mol. The van der Waals surface area contributed by atoms with Crippen molar-refractivity contribution in [1.29, 1.82) is 0 Å². The lowest BCUT2D eigenvalue weighted by molar-refractivity contribution is 0.458. The largest absolute Gasteiger partial charge is 0.438 e. The second kappa shape index (κ2) is 6.34. The lowest BCUT2D eigenvalue weighted by Crippen LogP contribution is -1.94. The Hall–Kier alpha value is -1.10. The minimum atomic E-state index is 0.591. The van der Waals surface area contributed by atoms with E-state index < -0.39 is 0 Å². The number of hydrogen-bond acceptors (Lipinski definition) is 2. The van der Waals surface area contributed by atoms with Gasteiger partial charge in [-0.05, 0) is 46.3 Å². The summed E-state index contributed by atoms with van der Waals surface area (Å²) in [6.45, 7) is 0. The van der Waals surface area contributed by atoms with Crippen LogP contribution in [0.25, 0.3) is 10.9 Å². The van der Waals surface area contributed by atoms with Crippen LogP contribution in [0.15, 0.2) is 53.0 Å². The summed E-state index contributed by atoms with van der Waals surface area (Å²) in [4.78, 5) is 4.60. The zero-order chi connectivity index (χ0) is 14.8. The third-order valence-corrected chi connectivity index (χ3v) is 4.47. The van der Waals surface area contributed by atoms with Crippen LogP contribution >= 0.6 is 43.5 Å². The van der Waals surface area contributed by atoms with Gasteiger partial charge in [-0.25, -0.2) is 4.98 Å². The molecule has 3 rings (SSSR count). The molecule has 0 atom stereocenters. The van der Waals surface area contributed by atoms with Crippen LogP contribution in [0.3, 0.4) is 0 Å². The minimum Gasteiger partial charge on any atom is -0.438 e. The molecule has 2 nitrogen and oxygen atoms in total. The summed E-state index contributed by atoms with van der Waals surface area (Å²) in [6.07, 6.45) is 0. The van der Waals surface area contributed by atoms with Crippen molar-refractivity contribution in [2.45, 2.75) is 5.33 Å². The van der Waals surface area contributed by atoms with Gasteiger partial charge in [0.15, 0.2) is 0 Å². The molecule has 21 heavy (non-hydrogen) atoms. The zero-order valence-electron chi connectivity index (χ0n) is 10.8. The number of hydrogen-bond donors (Lipinski definition) is 0. The average Bonchev–Trinajstić information content (AvgIpc) is 2.49. The third-order valence-electron chi connectivity index (χ3n) is 3.01. The first-order chi connectivity index (χ1) is 10.2. The maximum absolute atomic E-state index is 5.95. The lowest BCUT2D eigenvalue weighted by Gasteiger charge is -2.11. The molecular weight excluding hydrogens is 417 g/mol. The molecule has 0 saturated heterocycles. The molecule has 0 N–H and O–H groups in total. The monoisotopic (exact) mass is 425 g/mol. The Morgan fingerprint density at radius 3 is 2.67 bits per heavy atom. The molecule has 3 aromatic rings. The molecule has 0 unspecified atom stereocenters. The van der Waals surface area contributed by atoms with Gasteiger partial charge in [-0.1, -0.05) is 45.7 Å². The first-order valence-electron chi connectivity index (χ1n) is 6.25. The molecule has 0 amide bonds. The van der Waals surface area contributed by atoms with Crippen LogP contribution < -0.4 is 4.74 Å². The van der Waals surface area contributed by atoms with E-state index in [9.17, 15) is 0 Å². The molecule has 2 aromatic carbocycles. The van der Waals surface area contributed by atoms with Crippen LogP contribution in [-0.4, -0.2) is 4.98 Å². The van der Waals surface area contributed by atoms with Crippen LogP contribution in [0.2, 0.25) is 5.02 Å². The maximum atomic E-state index is 5.95. The smallest absolute Gasteiger partial charge is 0.223 e. The van der Waals surface area contributed by atoms with E-state index in [4.69, 9.17) is 16.3 Å². The molecular formula is C16H10Br2ClNO. The lowest BCUT2D eigenvalue weighted by atomic mass is 10.2. The number of ether oxygens (including phenoxy) is 1. The summed E-state index contributed by atoms with van der Waals surface area (Å²) < 4.78 is 6.74. The highest BCUT2D eigenvalue weighted by Crippen LogP contribution is 2.34. The number of pyridine rings is 1. The normalized spacial score (nSPS) is 10.8. The van der Waals surface area contributed by atoms with Crippen molar-refractivity contribution in [1.82, 2.24) is 4.98 Å². The molecule has 0 aliphatic rings. The van der Waals surface area contributed by atoms with Gasteiger partial charge in [-0.3, -0.25) is 0 Å². The molecule has 1 aromatic heterocycles. The van der Waals surface area contributed by atoms with E-state index in [1.54, 1.807) is 12.1 Å². The van der Waals surface area contributed by atoms with Gasteiger partial charge in [0.05, 0.1) is 9.99 Å². The Morgan fingerprint density at radius 2 is 1.90 bits per heavy atom. The SMILES string of the molecule is Clc1ccc(Oc2nc3ccccc3cc2CBr)c(Br)c1. The Balaban J connectivity index is 2.06. The summed E-state index contributed by atoms with van der Waals surface area (Å²) >= 11 is 12.9. The van der Waals surface area contributed by atoms with Crippen molar-refractivity contribution >= 4 is 54.4 Å². The van der Waals surface area contributed by atoms with E-state index in [-0.39, 0.29) is 0 Å². The van der Waals surface area contributed by atoms with Gasteiger partial charge in [-0.2, -0.15) is 0 Å². The molecule has 0 aliphatic carbocycles. The Labute approximate surface area is 144 Å². The fourth-order valence-corrected chi connectivity index (χ4v) is 3.15. The Morgan fingerprint density at radius 1 is 1.10 bits per heavy atom. The van der Waals surface area contributed by atoms with Crippen molar-refractivity contribution in [3.05, 3.63) is 63.6 Å². The molecule has 0 fully saturated rings. The van der Waals surface area contributed by atoms with Gasteiger partial charge in [-0.15, -0.1) is 0 Å². The highest BCUT2D eigenvalue weighted by molar-refractivity contribution is 9.10. The van der Waals surface area contributed by atoms with Crippen molar-refractivity contribution < 1.29 is 4.74 Å². The fourth-order valence-electron chi connectivity index (χ4n) is 1.99. The molecule has 0 bridgehead atoms. The second-order valence-corrected chi connectivity index (χ2v) is 6.31. The minimum absolute atomic E-state index is 0.591. The number of rotatable bonds is 3. The topological polar surface area (TPSA) is 22.1 Å². The number of nitrogens with zero attached hydrogens (tertiary/aromatic N) is 1. The van der Waals surface area contributed by atoms with E-state index in [0.29, 0.717) is 22.0 Å². The number of fused-ring (bicyclic) bond motifs is 1. The summed E-state index contributed by atoms with van der Waals surface area (Å²) in [5.41, 5.74) is 1.90. The summed E-state index contributed by atoms with van der Waals surface area (Å²) in [6, 6.07) is 15.5.